The summed E-state index contributed by atoms with van der Waals surface area (Å²) in [4.78, 5) is 16.4. The van der Waals surface area contributed by atoms with Crippen molar-refractivity contribution in [2.24, 2.45) is 0 Å². The van der Waals surface area contributed by atoms with E-state index in [1.54, 1.807) is 42.5 Å². The van der Waals surface area contributed by atoms with Gasteiger partial charge in [0.25, 0.3) is 0 Å². The number of pyridine rings is 1. The first-order valence-electron chi connectivity index (χ1n) is 6.76. The highest BCUT2D eigenvalue weighted by atomic mass is 35.5. The molecule has 23 heavy (non-hydrogen) atoms. The van der Waals surface area contributed by atoms with Crippen molar-refractivity contribution in [2.45, 2.75) is 13.0 Å². The van der Waals surface area contributed by atoms with E-state index in [0.717, 1.165) is 10.6 Å². The maximum atomic E-state index is 12.4. The number of hydrogen-bond acceptors (Lipinski definition) is 4. The van der Waals surface area contributed by atoms with Crippen molar-refractivity contribution in [3.8, 4) is 0 Å². The Bertz CT molecular complexity index is 797. The molecule has 0 aliphatic rings. The molecule has 122 valence electrons. The summed E-state index contributed by atoms with van der Waals surface area (Å²) in [5.74, 6) is -0.161. The van der Waals surface area contributed by atoms with Gasteiger partial charge in [0, 0.05) is 6.20 Å². The minimum Gasteiger partial charge on any atom is -0.309 e. The van der Waals surface area contributed by atoms with Crippen LogP contribution in [0.5, 0.6) is 0 Å². The van der Waals surface area contributed by atoms with Crippen LogP contribution in [-0.2, 0) is 14.8 Å². The topological polar surface area (TPSA) is 79.4 Å². The van der Waals surface area contributed by atoms with Gasteiger partial charge in [-0.2, -0.15) is 0 Å². The maximum Gasteiger partial charge on any atom is 0.249 e. The van der Waals surface area contributed by atoms with Crippen LogP contribution in [-0.4, -0.2) is 31.6 Å². The van der Waals surface area contributed by atoms with Crippen molar-refractivity contribution in [2.75, 3.05) is 15.9 Å². The first-order valence-corrected chi connectivity index (χ1v) is 8.99. The van der Waals surface area contributed by atoms with E-state index in [4.69, 9.17) is 11.6 Å². The van der Waals surface area contributed by atoms with Gasteiger partial charge in [-0.1, -0.05) is 29.8 Å². The van der Waals surface area contributed by atoms with Crippen molar-refractivity contribution in [3.05, 3.63) is 53.7 Å². The SMILES string of the molecule is CC(C(=O)Nc1ccccn1)N(c1ccccc1Cl)S(C)(=O)=O. The zero-order chi connectivity index (χ0) is 17.0. The Morgan fingerprint density at radius 1 is 1.22 bits per heavy atom. The third-order valence-electron chi connectivity index (χ3n) is 3.09. The molecule has 1 heterocycles. The molecular weight excluding hydrogens is 338 g/mol. The summed E-state index contributed by atoms with van der Waals surface area (Å²) in [7, 11) is -3.71. The summed E-state index contributed by atoms with van der Waals surface area (Å²) in [6, 6.07) is 10.5. The number of benzene rings is 1. The second-order valence-corrected chi connectivity index (χ2v) is 7.16. The Kier molecular flexibility index (Phi) is 5.23. The van der Waals surface area contributed by atoms with Gasteiger partial charge in [-0.25, -0.2) is 13.4 Å². The van der Waals surface area contributed by atoms with Gasteiger partial charge in [0.15, 0.2) is 0 Å². The second-order valence-electron chi connectivity index (χ2n) is 4.89. The number of sulfonamides is 1. The van der Waals surface area contributed by atoms with Crippen LogP contribution >= 0.6 is 11.6 Å². The smallest absolute Gasteiger partial charge is 0.249 e. The van der Waals surface area contributed by atoms with Gasteiger partial charge in [0.1, 0.15) is 11.9 Å². The number of amides is 1. The van der Waals surface area contributed by atoms with E-state index in [1.807, 2.05) is 0 Å². The van der Waals surface area contributed by atoms with Crippen LogP contribution in [0, 0.1) is 0 Å². The van der Waals surface area contributed by atoms with Crippen molar-refractivity contribution >= 4 is 39.0 Å². The van der Waals surface area contributed by atoms with Crippen molar-refractivity contribution < 1.29 is 13.2 Å². The van der Waals surface area contributed by atoms with Crippen LogP contribution in [0.1, 0.15) is 6.92 Å². The number of anilines is 2. The predicted octanol–water partition coefficient (Wildman–Crippen LogP) is 2.53. The number of nitrogens with zero attached hydrogens (tertiary/aromatic N) is 2. The molecule has 1 unspecified atom stereocenters. The molecule has 0 aliphatic carbocycles. The molecular formula is C15H16ClN3O3S. The highest BCUT2D eigenvalue weighted by Crippen LogP contribution is 2.29. The molecule has 0 saturated heterocycles. The molecule has 1 N–H and O–H groups in total. The molecule has 0 radical (unpaired) electrons. The predicted molar refractivity (Wildman–Crippen MR) is 91.1 cm³/mol. The van der Waals surface area contributed by atoms with E-state index in [0.29, 0.717) is 5.82 Å². The minimum absolute atomic E-state index is 0.246. The number of carbonyl (C=O) groups is 1. The molecule has 1 amide bonds. The average Bonchev–Trinajstić information content (AvgIpc) is 2.49. The summed E-state index contributed by atoms with van der Waals surface area (Å²) in [5, 5.41) is 2.83. The molecule has 2 rings (SSSR count). The highest BCUT2D eigenvalue weighted by Gasteiger charge is 2.30. The van der Waals surface area contributed by atoms with E-state index in [9.17, 15) is 13.2 Å². The number of aromatic nitrogens is 1. The Morgan fingerprint density at radius 3 is 2.43 bits per heavy atom. The van der Waals surface area contributed by atoms with Crippen molar-refractivity contribution in [1.29, 1.82) is 0 Å². The molecule has 0 saturated carbocycles. The standard InChI is InChI=1S/C15H16ClN3O3S/c1-11(15(20)18-14-9-5-6-10-17-14)19(23(2,21)22)13-8-4-3-7-12(13)16/h3-11H,1-2H3,(H,17,18,20). The molecule has 1 atom stereocenters. The average molecular weight is 354 g/mol. The molecule has 6 nitrogen and oxygen atoms in total. The maximum absolute atomic E-state index is 12.4. The Morgan fingerprint density at radius 2 is 1.87 bits per heavy atom. The first kappa shape index (κ1) is 17.2. The van der Waals surface area contributed by atoms with Crippen molar-refractivity contribution in [1.82, 2.24) is 4.98 Å². The van der Waals surface area contributed by atoms with Crippen LogP contribution in [0.2, 0.25) is 5.02 Å². The third kappa shape index (κ3) is 4.20. The highest BCUT2D eigenvalue weighted by molar-refractivity contribution is 7.92. The fraction of sp³-hybridized carbons (Fsp3) is 0.200. The van der Waals surface area contributed by atoms with E-state index in [2.05, 4.69) is 10.3 Å². The van der Waals surface area contributed by atoms with Gasteiger partial charge < -0.3 is 5.32 Å². The summed E-state index contributed by atoms with van der Waals surface area (Å²) < 4.78 is 25.3. The van der Waals surface area contributed by atoms with Gasteiger partial charge >= 0.3 is 0 Å². The largest absolute Gasteiger partial charge is 0.309 e. The lowest BCUT2D eigenvalue weighted by Gasteiger charge is -2.28. The lowest BCUT2D eigenvalue weighted by atomic mass is 10.2. The minimum atomic E-state index is -3.71. The van der Waals surface area contributed by atoms with Crippen LogP contribution in [0.25, 0.3) is 0 Å². The lowest BCUT2D eigenvalue weighted by Crippen LogP contribution is -2.45. The molecule has 0 aliphatic heterocycles. The van der Waals surface area contributed by atoms with Crippen LogP contribution in [0.3, 0.4) is 0 Å². The summed E-state index contributed by atoms with van der Waals surface area (Å²) in [6.07, 6.45) is 2.56. The quantitative estimate of drug-likeness (QED) is 0.895. The molecule has 8 heteroatoms. The Labute approximate surface area is 140 Å². The molecule has 1 aromatic heterocycles. The third-order valence-corrected chi connectivity index (χ3v) is 4.64. The lowest BCUT2D eigenvalue weighted by molar-refractivity contribution is -0.116. The first-order chi connectivity index (χ1) is 10.8. The number of carbonyl (C=O) groups excluding carboxylic acids is 1. The molecule has 0 fully saturated rings. The second kappa shape index (κ2) is 6.97. The molecule has 0 spiro atoms. The molecule has 0 bridgehead atoms. The van der Waals surface area contributed by atoms with Crippen molar-refractivity contribution in [3.63, 3.8) is 0 Å². The van der Waals surface area contributed by atoms with Gasteiger partial charge in [-0.3, -0.25) is 9.10 Å². The number of nitrogens with one attached hydrogen (secondary N) is 1. The number of rotatable bonds is 5. The van der Waals surface area contributed by atoms with E-state index < -0.39 is 22.0 Å². The van der Waals surface area contributed by atoms with Gasteiger partial charge in [-0.05, 0) is 31.2 Å². The number of halogens is 1. The van der Waals surface area contributed by atoms with Crippen LogP contribution in [0.4, 0.5) is 11.5 Å². The Hall–Kier alpha value is -2.12. The van der Waals surface area contributed by atoms with Crippen LogP contribution < -0.4 is 9.62 Å². The fourth-order valence-electron chi connectivity index (χ4n) is 2.08. The fourth-order valence-corrected chi connectivity index (χ4v) is 3.54. The Balaban J connectivity index is 2.33. The van der Waals surface area contributed by atoms with Gasteiger partial charge in [-0.15, -0.1) is 0 Å². The monoisotopic (exact) mass is 353 g/mol. The normalized spacial score (nSPS) is 12.5. The van der Waals surface area contributed by atoms with Gasteiger partial charge in [0.2, 0.25) is 15.9 Å². The molecule has 1 aromatic carbocycles. The van der Waals surface area contributed by atoms with E-state index in [-0.39, 0.29) is 10.7 Å². The number of para-hydroxylation sites is 1. The van der Waals surface area contributed by atoms with E-state index in [1.165, 1.54) is 13.1 Å². The summed E-state index contributed by atoms with van der Waals surface area (Å²) in [5.41, 5.74) is 0.250. The van der Waals surface area contributed by atoms with E-state index >= 15 is 0 Å². The molecule has 2 aromatic rings. The zero-order valence-electron chi connectivity index (χ0n) is 12.6. The van der Waals surface area contributed by atoms with Gasteiger partial charge in [0.05, 0.1) is 17.0 Å². The summed E-state index contributed by atoms with van der Waals surface area (Å²) in [6.45, 7) is 1.49. The zero-order valence-corrected chi connectivity index (χ0v) is 14.2. The number of hydrogen-bond donors (Lipinski definition) is 1. The van der Waals surface area contributed by atoms with Crippen LogP contribution in [0.15, 0.2) is 48.7 Å². The summed E-state index contributed by atoms with van der Waals surface area (Å²) >= 11 is 6.08.